The third-order valence-corrected chi connectivity index (χ3v) is 5.28. The van der Waals surface area contributed by atoms with Gasteiger partial charge < -0.3 is 14.5 Å². The molecule has 0 bridgehead atoms. The fourth-order valence-corrected chi connectivity index (χ4v) is 3.67. The van der Waals surface area contributed by atoms with E-state index in [0.717, 1.165) is 50.5 Å². The monoisotopic (exact) mass is 366 g/mol. The van der Waals surface area contributed by atoms with Gasteiger partial charge in [-0.25, -0.2) is 9.97 Å². The largest absolute Gasteiger partial charge is 0.378 e. The van der Waals surface area contributed by atoms with E-state index in [1.54, 1.807) is 0 Å². The molecule has 1 aromatic carbocycles. The Balaban J connectivity index is 1.34. The normalized spacial score (nSPS) is 16.9. The third-order valence-electron chi connectivity index (χ3n) is 5.28. The lowest BCUT2D eigenvalue weighted by atomic mass is 10.0. The van der Waals surface area contributed by atoms with Crippen molar-refractivity contribution in [2.45, 2.75) is 32.2 Å². The summed E-state index contributed by atoms with van der Waals surface area (Å²) in [6, 6.07) is 10.3. The summed E-state index contributed by atoms with van der Waals surface area (Å²) in [5.41, 5.74) is 3.45. The van der Waals surface area contributed by atoms with E-state index in [4.69, 9.17) is 9.72 Å². The number of aromatic nitrogens is 2. The van der Waals surface area contributed by atoms with Crippen LogP contribution >= 0.6 is 0 Å². The molecule has 0 spiro atoms. The van der Waals surface area contributed by atoms with E-state index < -0.39 is 0 Å². The molecule has 27 heavy (non-hydrogen) atoms. The molecule has 0 aliphatic carbocycles. The molecule has 4 rings (SSSR count). The molecule has 2 aliphatic heterocycles. The minimum Gasteiger partial charge on any atom is -0.378 e. The fraction of sp³-hybridized carbons (Fsp3) is 0.476. The highest BCUT2D eigenvalue weighted by molar-refractivity contribution is 5.76. The quantitative estimate of drug-likeness (QED) is 0.812. The number of rotatable bonds is 5. The second-order valence-corrected chi connectivity index (χ2v) is 7.15. The van der Waals surface area contributed by atoms with Crippen LogP contribution in [0.15, 0.2) is 36.5 Å². The zero-order valence-electron chi connectivity index (χ0n) is 15.6. The van der Waals surface area contributed by atoms with Gasteiger partial charge in [0.2, 0.25) is 11.9 Å². The van der Waals surface area contributed by atoms with E-state index in [1.807, 2.05) is 29.3 Å². The van der Waals surface area contributed by atoms with Crippen molar-refractivity contribution in [3.63, 3.8) is 0 Å². The van der Waals surface area contributed by atoms with Crippen LogP contribution in [0.1, 0.15) is 29.7 Å². The Labute approximate surface area is 160 Å². The van der Waals surface area contributed by atoms with E-state index in [9.17, 15) is 4.79 Å². The summed E-state index contributed by atoms with van der Waals surface area (Å²) in [5.74, 6) is 0.985. The molecule has 6 heteroatoms. The number of morpholine rings is 1. The van der Waals surface area contributed by atoms with Crippen LogP contribution in [0.5, 0.6) is 0 Å². The molecule has 142 valence electrons. The Morgan fingerprint density at radius 1 is 1.11 bits per heavy atom. The maximum absolute atomic E-state index is 12.6. The minimum atomic E-state index is 0.225. The lowest BCUT2D eigenvalue weighted by molar-refractivity contribution is -0.132. The van der Waals surface area contributed by atoms with Gasteiger partial charge in [-0.05, 0) is 30.4 Å². The van der Waals surface area contributed by atoms with E-state index in [2.05, 4.69) is 22.0 Å². The van der Waals surface area contributed by atoms with Gasteiger partial charge in [-0.2, -0.15) is 0 Å². The number of anilines is 1. The molecular formula is C21H26N4O2. The second kappa shape index (κ2) is 8.48. The van der Waals surface area contributed by atoms with Crippen LogP contribution in [-0.2, 0) is 28.9 Å². The van der Waals surface area contributed by atoms with E-state index in [1.165, 1.54) is 11.1 Å². The standard InChI is InChI=1S/C21H26N4O2/c26-20(8-4-7-17-5-2-1-3-6-17)25-10-9-18-15-22-21(23-19(18)16-25)24-11-13-27-14-12-24/h1-3,5-6,15H,4,7-14,16H2. The average Bonchev–Trinajstić information content (AvgIpc) is 2.74. The molecule has 2 aromatic rings. The van der Waals surface area contributed by atoms with Crippen molar-refractivity contribution >= 4 is 11.9 Å². The Morgan fingerprint density at radius 2 is 1.93 bits per heavy atom. The Kier molecular flexibility index (Phi) is 5.63. The first-order chi connectivity index (χ1) is 13.3. The molecule has 0 saturated carbocycles. The van der Waals surface area contributed by atoms with Gasteiger partial charge in [0.15, 0.2) is 0 Å². The smallest absolute Gasteiger partial charge is 0.225 e. The maximum Gasteiger partial charge on any atom is 0.225 e. The lowest BCUT2D eigenvalue weighted by Crippen LogP contribution is -2.39. The van der Waals surface area contributed by atoms with E-state index >= 15 is 0 Å². The summed E-state index contributed by atoms with van der Waals surface area (Å²) < 4.78 is 5.40. The Bertz CT molecular complexity index is 775. The summed E-state index contributed by atoms with van der Waals surface area (Å²) in [4.78, 5) is 26.0. The third kappa shape index (κ3) is 4.45. The van der Waals surface area contributed by atoms with Gasteiger partial charge in [-0.15, -0.1) is 0 Å². The molecule has 1 amide bonds. The Hall–Kier alpha value is -2.47. The van der Waals surface area contributed by atoms with Crippen molar-refractivity contribution in [3.8, 4) is 0 Å². The summed E-state index contributed by atoms with van der Waals surface area (Å²) in [7, 11) is 0. The summed E-state index contributed by atoms with van der Waals surface area (Å²) in [6.07, 6.45) is 5.19. The van der Waals surface area contributed by atoms with Gasteiger partial charge in [0.1, 0.15) is 0 Å². The van der Waals surface area contributed by atoms with Gasteiger partial charge in [-0.1, -0.05) is 30.3 Å². The number of ether oxygens (including phenoxy) is 1. The first-order valence-corrected chi connectivity index (χ1v) is 9.79. The number of amides is 1. The highest BCUT2D eigenvalue weighted by atomic mass is 16.5. The van der Waals surface area contributed by atoms with Crippen LogP contribution in [0.2, 0.25) is 0 Å². The molecule has 1 fully saturated rings. The molecule has 0 radical (unpaired) electrons. The number of aryl methyl sites for hydroxylation is 1. The summed E-state index contributed by atoms with van der Waals surface area (Å²) in [5, 5.41) is 0. The number of nitrogens with zero attached hydrogens (tertiary/aromatic N) is 4. The number of carbonyl (C=O) groups is 1. The van der Waals surface area contributed by atoms with Crippen molar-refractivity contribution in [3.05, 3.63) is 53.3 Å². The zero-order chi connectivity index (χ0) is 18.5. The number of carbonyl (C=O) groups excluding carboxylic acids is 1. The molecule has 2 aliphatic rings. The zero-order valence-corrected chi connectivity index (χ0v) is 15.6. The van der Waals surface area contributed by atoms with Crippen molar-refractivity contribution in [1.29, 1.82) is 0 Å². The van der Waals surface area contributed by atoms with Crippen molar-refractivity contribution < 1.29 is 9.53 Å². The summed E-state index contributed by atoms with van der Waals surface area (Å²) in [6.45, 7) is 4.43. The maximum atomic E-state index is 12.6. The molecule has 3 heterocycles. The van der Waals surface area contributed by atoms with Crippen molar-refractivity contribution in [2.75, 3.05) is 37.7 Å². The van der Waals surface area contributed by atoms with Gasteiger partial charge in [0.05, 0.1) is 25.5 Å². The van der Waals surface area contributed by atoms with Crippen LogP contribution in [0.4, 0.5) is 5.95 Å². The highest BCUT2D eigenvalue weighted by Gasteiger charge is 2.23. The molecule has 0 unspecified atom stereocenters. The van der Waals surface area contributed by atoms with Crippen LogP contribution in [0, 0.1) is 0 Å². The molecule has 0 N–H and O–H groups in total. The van der Waals surface area contributed by atoms with Gasteiger partial charge in [0, 0.05) is 32.3 Å². The summed E-state index contributed by atoms with van der Waals surface area (Å²) >= 11 is 0. The van der Waals surface area contributed by atoms with E-state index in [0.29, 0.717) is 26.2 Å². The van der Waals surface area contributed by atoms with Crippen LogP contribution in [-0.4, -0.2) is 53.6 Å². The van der Waals surface area contributed by atoms with E-state index in [-0.39, 0.29) is 5.91 Å². The van der Waals surface area contributed by atoms with Crippen LogP contribution in [0.25, 0.3) is 0 Å². The second-order valence-electron chi connectivity index (χ2n) is 7.15. The number of benzene rings is 1. The molecule has 1 aromatic heterocycles. The topological polar surface area (TPSA) is 58.6 Å². The molecule has 1 saturated heterocycles. The van der Waals surface area contributed by atoms with Gasteiger partial charge in [-0.3, -0.25) is 4.79 Å². The fourth-order valence-electron chi connectivity index (χ4n) is 3.67. The molecule has 0 atom stereocenters. The Morgan fingerprint density at radius 3 is 2.74 bits per heavy atom. The van der Waals surface area contributed by atoms with Crippen LogP contribution in [0.3, 0.4) is 0 Å². The molecular weight excluding hydrogens is 340 g/mol. The van der Waals surface area contributed by atoms with Gasteiger partial charge in [0.25, 0.3) is 0 Å². The first kappa shape index (κ1) is 17.9. The molecule has 6 nitrogen and oxygen atoms in total. The average molecular weight is 366 g/mol. The SMILES string of the molecule is O=C(CCCc1ccccc1)N1CCc2cnc(N3CCOCC3)nc2C1. The number of fused-ring (bicyclic) bond motifs is 1. The van der Waals surface area contributed by atoms with Gasteiger partial charge >= 0.3 is 0 Å². The van der Waals surface area contributed by atoms with Crippen molar-refractivity contribution in [2.24, 2.45) is 0 Å². The van der Waals surface area contributed by atoms with Crippen LogP contribution < -0.4 is 4.90 Å². The lowest BCUT2D eigenvalue weighted by Gasteiger charge is -2.30. The number of hydrogen-bond donors (Lipinski definition) is 0. The minimum absolute atomic E-state index is 0.225. The predicted octanol–water partition coefficient (Wildman–Crippen LogP) is 2.22. The predicted molar refractivity (Wildman–Crippen MR) is 104 cm³/mol. The van der Waals surface area contributed by atoms with Crippen molar-refractivity contribution in [1.82, 2.24) is 14.9 Å². The highest BCUT2D eigenvalue weighted by Crippen LogP contribution is 2.20. The number of hydrogen-bond acceptors (Lipinski definition) is 5. The first-order valence-electron chi connectivity index (χ1n) is 9.79.